The first-order valence-corrected chi connectivity index (χ1v) is 31.0. The number of hydrogen-bond donors (Lipinski definition) is 0. The van der Waals surface area contributed by atoms with Gasteiger partial charge < -0.3 is 37.9 Å². The predicted molar refractivity (Wildman–Crippen MR) is 374 cm³/mol. The van der Waals surface area contributed by atoms with E-state index in [9.17, 15) is 4.39 Å². The first-order chi connectivity index (χ1) is 46.0. The van der Waals surface area contributed by atoms with Crippen LogP contribution in [0.1, 0.15) is 0 Å². The van der Waals surface area contributed by atoms with Gasteiger partial charge in [0.15, 0.2) is 46.0 Å². The molecule has 0 bridgehead atoms. The van der Waals surface area contributed by atoms with Crippen molar-refractivity contribution in [3.63, 3.8) is 0 Å². The van der Waals surface area contributed by atoms with Crippen LogP contribution in [0, 0.1) is 5.82 Å². The van der Waals surface area contributed by atoms with Gasteiger partial charge in [-0.15, -0.1) is 0 Å². The van der Waals surface area contributed by atoms with Crippen molar-refractivity contribution in [3.05, 3.63) is 327 Å². The monoisotopic (exact) mass is 1200 g/mol. The summed E-state index contributed by atoms with van der Waals surface area (Å²) in [6.45, 7) is 0. The number of benzene rings is 14. The van der Waals surface area contributed by atoms with Crippen molar-refractivity contribution in [3.8, 4) is 90.8 Å². The summed E-state index contributed by atoms with van der Waals surface area (Å²) in [5.41, 5.74) is 18.4. The van der Waals surface area contributed by atoms with Gasteiger partial charge >= 0.3 is 0 Å². The maximum absolute atomic E-state index is 14.0. The van der Waals surface area contributed by atoms with Crippen molar-refractivity contribution in [1.29, 1.82) is 0 Å². The maximum Gasteiger partial charge on any atom is 0.194 e. The summed E-state index contributed by atoms with van der Waals surface area (Å²) >= 11 is 0. The van der Waals surface area contributed by atoms with Gasteiger partial charge in [0.05, 0.1) is 33.4 Å². The number of aromatic nitrogens is 2. The lowest BCUT2D eigenvalue weighted by molar-refractivity contribution is 0.360. The zero-order valence-corrected chi connectivity index (χ0v) is 49.9. The Bertz CT molecular complexity index is 5590. The van der Waals surface area contributed by atoms with Gasteiger partial charge in [0.1, 0.15) is 5.82 Å². The summed E-state index contributed by atoms with van der Waals surface area (Å²) in [5, 5.41) is 4.53. The Labute approximate surface area is 535 Å². The number of rotatable bonds is 11. The molecule has 440 valence electrons. The molecule has 0 N–H and O–H groups in total. The van der Waals surface area contributed by atoms with E-state index in [-0.39, 0.29) is 5.82 Å². The van der Waals surface area contributed by atoms with Gasteiger partial charge in [0.25, 0.3) is 0 Å². The summed E-state index contributed by atoms with van der Waals surface area (Å²) in [5.74, 6) is 4.92. The molecule has 9 heteroatoms. The number of ether oxygens (including phenoxy) is 4. The number of fused-ring (bicyclic) bond motifs is 10. The average Bonchev–Trinajstić information content (AvgIpc) is 1.71. The van der Waals surface area contributed by atoms with Gasteiger partial charge in [-0.25, -0.2) is 4.39 Å². The van der Waals surface area contributed by atoms with Gasteiger partial charge in [-0.05, 0) is 197 Å². The molecule has 0 fully saturated rings. The van der Waals surface area contributed by atoms with Crippen LogP contribution < -0.4 is 28.7 Å². The lowest BCUT2D eigenvalue weighted by atomic mass is 9.98. The number of anilines is 6. The van der Waals surface area contributed by atoms with Gasteiger partial charge in [-0.3, -0.25) is 0 Å². The number of para-hydroxylation sites is 9. The van der Waals surface area contributed by atoms with Gasteiger partial charge in [-0.2, -0.15) is 0 Å². The largest absolute Gasteiger partial charge is 0.449 e. The van der Waals surface area contributed by atoms with E-state index in [1.165, 1.54) is 17.5 Å². The molecule has 0 amide bonds. The Balaban J connectivity index is 0.683. The summed E-state index contributed by atoms with van der Waals surface area (Å²) < 4.78 is 45.1. The van der Waals surface area contributed by atoms with Crippen molar-refractivity contribution in [2.75, 3.05) is 9.80 Å². The van der Waals surface area contributed by atoms with E-state index in [2.05, 4.69) is 243 Å². The molecule has 18 rings (SSSR count). The zero-order chi connectivity index (χ0) is 61.5. The second kappa shape index (κ2) is 21.9. The molecule has 2 aliphatic rings. The third kappa shape index (κ3) is 9.20. The number of hydrogen-bond acceptors (Lipinski definition) is 6. The van der Waals surface area contributed by atoms with Crippen LogP contribution in [0.25, 0.3) is 88.4 Å². The summed E-state index contributed by atoms with van der Waals surface area (Å²) in [6, 6.07) is 110. The molecule has 8 nitrogen and oxygen atoms in total. The third-order valence-corrected chi connectivity index (χ3v) is 17.9. The van der Waals surface area contributed by atoms with E-state index in [0.717, 1.165) is 117 Å². The maximum atomic E-state index is 14.0. The Morgan fingerprint density at radius 1 is 0.237 bits per heavy atom. The highest BCUT2D eigenvalue weighted by molar-refractivity contribution is 6.12. The molecule has 2 aromatic heterocycles. The van der Waals surface area contributed by atoms with Crippen LogP contribution in [0.2, 0.25) is 0 Å². The minimum Gasteiger partial charge on any atom is -0.449 e. The summed E-state index contributed by atoms with van der Waals surface area (Å²) in [7, 11) is 0. The summed E-state index contributed by atoms with van der Waals surface area (Å²) in [6.07, 6.45) is 0. The Kier molecular flexibility index (Phi) is 12.6. The molecule has 16 aromatic rings. The van der Waals surface area contributed by atoms with Crippen LogP contribution in [0.4, 0.5) is 38.5 Å². The van der Waals surface area contributed by atoms with Crippen LogP contribution in [0.3, 0.4) is 0 Å². The Morgan fingerprint density at radius 3 is 1.08 bits per heavy atom. The third-order valence-electron chi connectivity index (χ3n) is 17.9. The lowest BCUT2D eigenvalue weighted by Crippen LogP contribution is -2.12. The van der Waals surface area contributed by atoms with Crippen molar-refractivity contribution in [1.82, 2.24) is 9.13 Å². The van der Waals surface area contributed by atoms with Crippen molar-refractivity contribution < 1.29 is 23.3 Å². The predicted octanol–water partition coefficient (Wildman–Crippen LogP) is 23.8. The number of halogens is 1. The zero-order valence-electron chi connectivity index (χ0n) is 49.9. The molecule has 0 unspecified atom stereocenters. The highest BCUT2D eigenvalue weighted by Gasteiger charge is 2.29. The molecule has 0 spiro atoms. The Morgan fingerprint density at radius 2 is 0.591 bits per heavy atom. The van der Waals surface area contributed by atoms with E-state index < -0.39 is 0 Å². The standard InChI is InChI=1S/C84H53FN4O4/c85-60-39-31-54(32-40-60)55-33-41-62(42-34-55)86(75-23-13-29-81-83(75)92-79-27-10-8-25-77(79)90-81)66-48-50-74-70(53-66)68-20-5-7-22-72(68)89(74)64-45-37-57(38-46-64)59-16-12-15-58(51-59)56-35-43-63(44-36-56)87(76-24-14-30-82-84(76)93-80-28-11-9-26-78(80)91-82)65-47-49-73-69(52-65)67-19-4-6-21-71(67)88(73)61-17-2-1-3-18-61/h1-53H. The first-order valence-electron chi connectivity index (χ1n) is 31.0. The molecular weight excluding hydrogens is 1150 g/mol. The fraction of sp³-hybridized carbons (Fsp3) is 0. The molecule has 93 heavy (non-hydrogen) atoms. The van der Waals surface area contributed by atoms with Crippen LogP contribution in [-0.4, -0.2) is 9.13 Å². The van der Waals surface area contributed by atoms with Crippen LogP contribution in [0.15, 0.2) is 322 Å². The van der Waals surface area contributed by atoms with Crippen LogP contribution in [-0.2, 0) is 0 Å². The highest BCUT2D eigenvalue weighted by Crippen LogP contribution is 2.55. The first kappa shape index (κ1) is 53.4. The molecule has 14 aromatic carbocycles. The second-order valence-electron chi connectivity index (χ2n) is 23.4. The van der Waals surface area contributed by atoms with E-state index in [4.69, 9.17) is 18.9 Å². The molecule has 0 saturated heterocycles. The molecule has 0 atom stereocenters. The summed E-state index contributed by atoms with van der Waals surface area (Å²) in [4.78, 5) is 4.49. The molecular formula is C84H53FN4O4. The van der Waals surface area contributed by atoms with Gasteiger partial charge in [-0.1, -0.05) is 158 Å². The normalized spacial score (nSPS) is 12.1. The minimum atomic E-state index is -0.268. The van der Waals surface area contributed by atoms with Crippen molar-refractivity contribution in [2.45, 2.75) is 0 Å². The molecule has 0 aliphatic carbocycles. The topological polar surface area (TPSA) is 53.3 Å². The molecule has 0 saturated carbocycles. The van der Waals surface area contributed by atoms with E-state index in [1.54, 1.807) is 12.1 Å². The second-order valence-corrected chi connectivity index (χ2v) is 23.4. The van der Waals surface area contributed by atoms with Crippen molar-refractivity contribution in [2.24, 2.45) is 0 Å². The van der Waals surface area contributed by atoms with Gasteiger partial charge in [0, 0.05) is 55.7 Å². The quantitative estimate of drug-likeness (QED) is 0.129. The molecule has 4 heterocycles. The smallest absolute Gasteiger partial charge is 0.194 e. The van der Waals surface area contributed by atoms with E-state index in [1.807, 2.05) is 72.8 Å². The van der Waals surface area contributed by atoms with Crippen LogP contribution in [0.5, 0.6) is 46.0 Å². The lowest BCUT2D eigenvalue weighted by Gasteiger charge is -2.30. The highest BCUT2D eigenvalue weighted by atomic mass is 19.1. The average molecular weight is 1200 g/mol. The molecule has 2 aliphatic heterocycles. The fourth-order valence-electron chi connectivity index (χ4n) is 13.5. The van der Waals surface area contributed by atoms with E-state index >= 15 is 0 Å². The van der Waals surface area contributed by atoms with Crippen LogP contribution >= 0.6 is 0 Å². The van der Waals surface area contributed by atoms with Crippen molar-refractivity contribution >= 4 is 77.7 Å². The van der Waals surface area contributed by atoms with E-state index in [0.29, 0.717) is 46.0 Å². The fourth-order valence-corrected chi connectivity index (χ4v) is 13.5. The Hall–Kier alpha value is -12.6. The SMILES string of the molecule is Fc1ccc(-c2ccc(N(c3ccc4c(c3)c3ccccc3n4-c3ccc(-c4cccc(-c5ccc(N(c6ccc7c(c6)c6ccccc6n7-c6ccccc6)c6cccc7c6Oc6ccccc6O7)cc5)c4)cc3)c3cccc4c3Oc3ccccc3O4)cc2)cc1. The minimum absolute atomic E-state index is 0.268. The van der Waals surface area contributed by atoms with Gasteiger partial charge in [0.2, 0.25) is 0 Å². The number of nitrogens with zero attached hydrogens (tertiary/aromatic N) is 4. The molecule has 0 radical (unpaired) electrons.